The molecule has 0 bridgehead atoms. The number of hydrogen-bond donors (Lipinski definition) is 0. The van der Waals surface area contributed by atoms with E-state index >= 15 is 0 Å². The van der Waals surface area contributed by atoms with Crippen molar-refractivity contribution >= 4 is 0 Å². The summed E-state index contributed by atoms with van der Waals surface area (Å²) in [6, 6.07) is 8.78. The third kappa shape index (κ3) is 3.76. The normalized spacial score (nSPS) is 16.1. The summed E-state index contributed by atoms with van der Waals surface area (Å²) in [5, 5.41) is 4.39. The molecule has 0 aliphatic heterocycles. The van der Waals surface area contributed by atoms with Crippen LogP contribution in [0.4, 0.5) is 0 Å². The fourth-order valence-electron chi connectivity index (χ4n) is 3.98. The molecule has 4 rings (SSSR count). The maximum atomic E-state index is 5.62. The molecule has 140 valence electrons. The largest absolute Gasteiger partial charge is 0.338 e. The molecule has 0 spiro atoms. The lowest BCUT2D eigenvalue weighted by Crippen LogP contribution is -2.25. The first kappa shape index (κ1) is 17.8. The molecule has 27 heavy (non-hydrogen) atoms. The van der Waals surface area contributed by atoms with Gasteiger partial charge < -0.3 is 4.52 Å². The standard InChI is InChI=1S/C21H25N5O/c1-16-5-7-17(8-6-16)21(9-3-4-10-21)20-24-19(27-25-20)15-26(2)14-18-13-22-11-12-23-18/h5-8,11-13H,3-4,9-10,14-15H2,1-2H3. The van der Waals surface area contributed by atoms with Gasteiger partial charge in [-0.2, -0.15) is 4.98 Å². The van der Waals surface area contributed by atoms with Crippen LogP contribution in [-0.2, 0) is 18.5 Å². The number of rotatable bonds is 6. The minimum Gasteiger partial charge on any atom is -0.338 e. The Kier molecular flexibility index (Phi) is 4.99. The minimum atomic E-state index is -0.112. The number of benzene rings is 1. The van der Waals surface area contributed by atoms with Crippen LogP contribution in [0.5, 0.6) is 0 Å². The van der Waals surface area contributed by atoms with Crippen molar-refractivity contribution in [3.63, 3.8) is 0 Å². The highest BCUT2D eigenvalue weighted by atomic mass is 16.5. The van der Waals surface area contributed by atoms with Crippen molar-refractivity contribution in [2.45, 2.75) is 51.1 Å². The van der Waals surface area contributed by atoms with E-state index in [2.05, 4.69) is 51.2 Å². The first-order valence-corrected chi connectivity index (χ1v) is 9.49. The zero-order chi connectivity index (χ0) is 18.7. The molecule has 1 aliphatic carbocycles. The monoisotopic (exact) mass is 363 g/mol. The maximum absolute atomic E-state index is 5.62. The molecule has 0 atom stereocenters. The Bertz CT molecular complexity index is 869. The second kappa shape index (κ2) is 7.56. The van der Waals surface area contributed by atoms with E-state index in [1.807, 2.05) is 7.05 Å². The fraction of sp³-hybridized carbons (Fsp3) is 0.429. The predicted octanol–water partition coefficient (Wildman–Crippen LogP) is 3.66. The summed E-state index contributed by atoms with van der Waals surface area (Å²) in [6.07, 6.45) is 9.71. The third-order valence-corrected chi connectivity index (χ3v) is 5.41. The summed E-state index contributed by atoms with van der Waals surface area (Å²) in [5.74, 6) is 1.47. The average molecular weight is 363 g/mol. The van der Waals surface area contributed by atoms with E-state index in [4.69, 9.17) is 9.51 Å². The third-order valence-electron chi connectivity index (χ3n) is 5.41. The Morgan fingerprint density at radius 3 is 2.56 bits per heavy atom. The highest BCUT2D eigenvalue weighted by molar-refractivity contribution is 5.35. The molecule has 1 aliphatic rings. The second-order valence-electron chi connectivity index (χ2n) is 7.54. The first-order chi connectivity index (χ1) is 13.2. The van der Waals surface area contributed by atoms with Gasteiger partial charge in [-0.05, 0) is 32.4 Å². The molecular weight excluding hydrogens is 338 g/mol. The van der Waals surface area contributed by atoms with Gasteiger partial charge in [-0.15, -0.1) is 0 Å². The van der Waals surface area contributed by atoms with Crippen molar-refractivity contribution in [2.75, 3.05) is 7.05 Å². The zero-order valence-corrected chi connectivity index (χ0v) is 15.9. The van der Waals surface area contributed by atoms with Gasteiger partial charge in [0.2, 0.25) is 5.89 Å². The Hall–Kier alpha value is -2.60. The molecule has 2 heterocycles. The summed E-state index contributed by atoms with van der Waals surface area (Å²) >= 11 is 0. The first-order valence-electron chi connectivity index (χ1n) is 9.49. The Labute approximate surface area is 159 Å². The molecule has 2 aromatic heterocycles. The van der Waals surface area contributed by atoms with Crippen molar-refractivity contribution in [1.82, 2.24) is 25.0 Å². The molecule has 0 N–H and O–H groups in total. The number of hydrogen-bond acceptors (Lipinski definition) is 6. The van der Waals surface area contributed by atoms with Gasteiger partial charge in [-0.1, -0.05) is 47.8 Å². The Morgan fingerprint density at radius 1 is 1.07 bits per heavy atom. The highest BCUT2D eigenvalue weighted by Gasteiger charge is 2.41. The summed E-state index contributed by atoms with van der Waals surface area (Å²) in [4.78, 5) is 15.3. The molecule has 3 aromatic rings. The molecule has 6 nitrogen and oxygen atoms in total. The summed E-state index contributed by atoms with van der Waals surface area (Å²) in [6.45, 7) is 3.40. The van der Waals surface area contributed by atoms with Crippen LogP contribution in [0, 0.1) is 6.92 Å². The van der Waals surface area contributed by atoms with E-state index in [1.165, 1.54) is 24.0 Å². The molecular formula is C21H25N5O. The van der Waals surface area contributed by atoms with Crippen molar-refractivity contribution in [2.24, 2.45) is 0 Å². The van der Waals surface area contributed by atoms with E-state index in [0.717, 1.165) is 24.4 Å². The van der Waals surface area contributed by atoms with Crippen LogP contribution in [0.25, 0.3) is 0 Å². The van der Waals surface area contributed by atoms with E-state index in [0.29, 0.717) is 19.0 Å². The van der Waals surface area contributed by atoms with Crippen molar-refractivity contribution in [3.05, 3.63) is 71.4 Å². The van der Waals surface area contributed by atoms with Gasteiger partial charge in [-0.25, -0.2) is 0 Å². The molecule has 1 aromatic carbocycles. The van der Waals surface area contributed by atoms with Crippen LogP contribution >= 0.6 is 0 Å². The van der Waals surface area contributed by atoms with Gasteiger partial charge in [-0.3, -0.25) is 14.9 Å². The van der Waals surface area contributed by atoms with E-state index < -0.39 is 0 Å². The van der Waals surface area contributed by atoms with Crippen LogP contribution in [0.15, 0.2) is 47.4 Å². The Balaban J connectivity index is 1.52. The molecule has 0 amide bonds. The lowest BCUT2D eigenvalue weighted by Gasteiger charge is -2.26. The van der Waals surface area contributed by atoms with Crippen LogP contribution < -0.4 is 0 Å². The van der Waals surface area contributed by atoms with Gasteiger partial charge in [0.05, 0.1) is 17.7 Å². The minimum absolute atomic E-state index is 0.112. The molecule has 1 fully saturated rings. The van der Waals surface area contributed by atoms with Gasteiger partial charge in [0, 0.05) is 25.1 Å². The van der Waals surface area contributed by atoms with Crippen molar-refractivity contribution in [3.8, 4) is 0 Å². The lowest BCUT2D eigenvalue weighted by atomic mass is 9.78. The van der Waals surface area contributed by atoms with Gasteiger partial charge >= 0.3 is 0 Å². The van der Waals surface area contributed by atoms with Crippen molar-refractivity contribution < 1.29 is 4.52 Å². The zero-order valence-electron chi connectivity index (χ0n) is 15.9. The van der Waals surface area contributed by atoms with Crippen LogP contribution in [0.1, 0.15) is 54.2 Å². The van der Waals surface area contributed by atoms with Gasteiger partial charge in [0.25, 0.3) is 0 Å². The smallest absolute Gasteiger partial charge is 0.240 e. The summed E-state index contributed by atoms with van der Waals surface area (Å²) in [5.41, 5.74) is 3.38. The summed E-state index contributed by atoms with van der Waals surface area (Å²) < 4.78 is 5.62. The van der Waals surface area contributed by atoms with E-state index in [-0.39, 0.29) is 5.41 Å². The molecule has 0 unspecified atom stereocenters. The molecule has 6 heteroatoms. The Morgan fingerprint density at radius 2 is 1.85 bits per heavy atom. The number of aromatic nitrogens is 4. The number of aryl methyl sites for hydroxylation is 1. The van der Waals surface area contributed by atoms with Crippen LogP contribution in [0.2, 0.25) is 0 Å². The fourth-order valence-corrected chi connectivity index (χ4v) is 3.98. The average Bonchev–Trinajstić information content (AvgIpc) is 3.33. The predicted molar refractivity (Wildman–Crippen MR) is 102 cm³/mol. The van der Waals surface area contributed by atoms with Gasteiger partial charge in [0.15, 0.2) is 5.82 Å². The summed E-state index contributed by atoms with van der Waals surface area (Å²) in [7, 11) is 2.02. The molecule has 0 radical (unpaired) electrons. The van der Waals surface area contributed by atoms with Gasteiger partial charge in [0.1, 0.15) is 0 Å². The lowest BCUT2D eigenvalue weighted by molar-refractivity contribution is 0.257. The van der Waals surface area contributed by atoms with Crippen LogP contribution in [-0.4, -0.2) is 32.1 Å². The SMILES string of the molecule is Cc1ccc(C2(c3noc(CN(C)Cc4cnccn4)n3)CCCC2)cc1. The quantitative estimate of drug-likeness (QED) is 0.666. The second-order valence-corrected chi connectivity index (χ2v) is 7.54. The number of nitrogens with zero attached hydrogens (tertiary/aromatic N) is 5. The topological polar surface area (TPSA) is 67.9 Å². The maximum Gasteiger partial charge on any atom is 0.240 e. The highest BCUT2D eigenvalue weighted by Crippen LogP contribution is 2.45. The van der Waals surface area contributed by atoms with Crippen LogP contribution in [0.3, 0.4) is 0 Å². The molecule has 0 saturated heterocycles. The van der Waals surface area contributed by atoms with E-state index in [9.17, 15) is 0 Å². The molecule has 1 saturated carbocycles. The van der Waals surface area contributed by atoms with Crippen molar-refractivity contribution in [1.29, 1.82) is 0 Å². The van der Waals surface area contributed by atoms with E-state index in [1.54, 1.807) is 18.6 Å².